The molecule has 0 saturated heterocycles. The van der Waals surface area contributed by atoms with E-state index in [0.717, 1.165) is 10.1 Å². The van der Waals surface area contributed by atoms with Gasteiger partial charge in [0.05, 0.1) is 19.2 Å². The first-order valence-corrected chi connectivity index (χ1v) is 9.14. The number of rotatable bonds is 7. The average Bonchev–Trinajstić information content (AvgIpc) is 3.04. The minimum absolute atomic E-state index is 0.115. The third-order valence-electron chi connectivity index (χ3n) is 4.63. The van der Waals surface area contributed by atoms with E-state index in [1.54, 1.807) is 23.7 Å². The maximum atomic E-state index is 12.8. The van der Waals surface area contributed by atoms with Gasteiger partial charge in [-0.05, 0) is 24.1 Å². The summed E-state index contributed by atoms with van der Waals surface area (Å²) in [6.45, 7) is -0.0295. The molecule has 28 heavy (non-hydrogen) atoms. The quantitative estimate of drug-likeness (QED) is 0.518. The van der Waals surface area contributed by atoms with Gasteiger partial charge < -0.3 is 15.5 Å². The minimum atomic E-state index is -0.478. The number of imidazole rings is 1. The molecule has 2 heterocycles. The Morgan fingerprint density at radius 3 is 2.43 bits per heavy atom. The predicted molar refractivity (Wildman–Crippen MR) is 107 cm³/mol. The molecule has 3 aromatic rings. The van der Waals surface area contributed by atoms with E-state index in [4.69, 9.17) is 11.6 Å². The zero-order chi connectivity index (χ0) is 20.4. The molecule has 3 N–H and O–H groups in total. The minimum Gasteiger partial charge on any atom is -0.396 e. The van der Waals surface area contributed by atoms with Crippen LogP contribution in [0.15, 0.2) is 33.9 Å². The number of hydrogen-bond acceptors (Lipinski definition) is 6. The zero-order valence-electron chi connectivity index (χ0n) is 15.6. The smallest absolute Gasteiger partial charge is 0.332 e. The van der Waals surface area contributed by atoms with Gasteiger partial charge in [0.15, 0.2) is 11.2 Å². The number of benzene rings is 1. The maximum Gasteiger partial charge on any atom is 0.332 e. The van der Waals surface area contributed by atoms with Crippen molar-refractivity contribution in [2.75, 3.05) is 18.5 Å². The summed E-state index contributed by atoms with van der Waals surface area (Å²) in [7, 11) is 2.96. The van der Waals surface area contributed by atoms with Crippen molar-refractivity contribution in [1.29, 1.82) is 0 Å². The second kappa shape index (κ2) is 8.17. The van der Waals surface area contributed by atoms with Crippen molar-refractivity contribution in [3.05, 3.63) is 55.7 Å². The molecule has 0 fully saturated rings. The zero-order valence-corrected chi connectivity index (χ0v) is 16.3. The number of fused-ring (bicyclic) bond motifs is 1. The van der Waals surface area contributed by atoms with Crippen LogP contribution >= 0.6 is 11.6 Å². The highest BCUT2D eigenvalue weighted by Gasteiger charge is 2.21. The lowest BCUT2D eigenvalue weighted by atomic mass is 10.2. The molecule has 0 bridgehead atoms. The number of anilines is 1. The molecule has 0 spiro atoms. The Hall–Kier alpha value is -2.62. The van der Waals surface area contributed by atoms with Crippen molar-refractivity contribution in [1.82, 2.24) is 18.7 Å². The fraction of sp³-hybridized carbons (Fsp3) is 0.389. The van der Waals surface area contributed by atoms with Gasteiger partial charge in [-0.2, -0.15) is 4.98 Å². The Kier molecular flexibility index (Phi) is 5.87. The van der Waals surface area contributed by atoms with Crippen LogP contribution in [0.1, 0.15) is 12.0 Å². The van der Waals surface area contributed by atoms with Gasteiger partial charge >= 0.3 is 5.69 Å². The molecule has 0 aliphatic heterocycles. The lowest BCUT2D eigenvalue weighted by molar-refractivity contribution is 0.228. The SMILES string of the molecule is Cn1c(=O)c2c(nc(NC(CO)CCO)n2Cc2ccc(Cl)cc2)n(C)c1=O. The van der Waals surface area contributed by atoms with Gasteiger partial charge in [-0.3, -0.25) is 18.5 Å². The van der Waals surface area contributed by atoms with Crippen LogP contribution in [0.3, 0.4) is 0 Å². The number of nitrogens with one attached hydrogen (secondary N) is 1. The molecule has 9 nitrogen and oxygen atoms in total. The van der Waals surface area contributed by atoms with E-state index in [1.807, 2.05) is 12.1 Å². The van der Waals surface area contributed by atoms with Crippen LogP contribution in [0, 0.1) is 0 Å². The summed E-state index contributed by atoms with van der Waals surface area (Å²) >= 11 is 5.95. The fourth-order valence-electron chi connectivity index (χ4n) is 3.03. The highest BCUT2D eigenvalue weighted by atomic mass is 35.5. The Bertz CT molecular complexity index is 1100. The van der Waals surface area contributed by atoms with E-state index in [0.29, 0.717) is 23.9 Å². The van der Waals surface area contributed by atoms with Crippen LogP contribution in [-0.2, 0) is 20.6 Å². The Morgan fingerprint density at radius 1 is 1.14 bits per heavy atom. The molecular formula is C18H22ClN5O4. The van der Waals surface area contributed by atoms with Crippen molar-refractivity contribution in [3.63, 3.8) is 0 Å². The highest BCUT2D eigenvalue weighted by Crippen LogP contribution is 2.20. The van der Waals surface area contributed by atoms with Gasteiger partial charge in [-0.15, -0.1) is 0 Å². The summed E-state index contributed by atoms with van der Waals surface area (Å²) in [5.74, 6) is 0.329. The molecule has 1 atom stereocenters. The molecule has 3 rings (SSSR count). The standard InChI is InChI=1S/C18H22ClN5O4/c1-22-15-14(16(27)23(2)18(22)28)24(9-11-3-5-12(19)6-4-11)17(21-15)20-13(10-26)7-8-25/h3-6,13,25-26H,7-10H2,1-2H3,(H,20,21). The fourth-order valence-corrected chi connectivity index (χ4v) is 3.16. The van der Waals surface area contributed by atoms with Gasteiger partial charge in [0, 0.05) is 25.7 Å². The van der Waals surface area contributed by atoms with Crippen molar-refractivity contribution in [2.24, 2.45) is 14.1 Å². The summed E-state index contributed by atoms with van der Waals surface area (Å²) in [5, 5.41) is 22.4. The molecular weight excluding hydrogens is 386 g/mol. The Labute approximate surface area is 165 Å². The number of aromatic nitrogens is 4. The van der Waals surface area contributed by atoms with Crippen LogP contribution in [0.25, 0.3) is 11.2 Å². The number of aryl methyl sites for hydroxylation is 1. The average molecular weight is 408 g/mol. The van der Waals surface area contributed by atoms with Crippen LogP contribution in [-0.4, -0.2) is 48.2 Å². The van der Waals surface area contributed by atoms with E-state index in [-0.39, 0.29) is 24.4 Å². The normalized spacial score (nSPS) is 12.5. The molecule has 0 amide bonds. The number of nitrogens with zero attached hydrogens (tertiary/aromatic N) is 4. The molecule has 2 aromatic heterocycles. The largest absolute Gasteiger partial charge is 0.396 e. The predicted octanol–water partition coefficient (Wildman–Crippen LogP) is 0.291. The Morgan fingerprint density at radius 2 is 1.82 bits per heavy atom. The molecule has 1 aromatic carbocycles. The van der Waals surface area contributed by atoms with E-state index >= 15 is 0 Å². The van der Waals surface area contributed by atoms with Crippen molar-refractivity contribution < 1.29 is 10.2 Å². The van der Waals surface area contributed by atoms with Crippen molar-refractivity contribution in [2.45, 2.75) is 19.0 Å². The van der Waals surface area contributed by atoms with E-state index in [1.165, 1.54) is 11.6 Å². The summed E-state index contributed by atoms with van der Waals surface area (Å²) in [6.07, 6.45) is 0.303. The molecule has 0 aliphatic rings. The second-order valence-corrected chi connectivity index (χ2v) is 7.00. The third-order valence-corrected chi connectivity index (χ3v) is 4.89. The number of aliphatic hydroxyl groups is 2. The summed E-state index contributed by atoms with van der Waals surface area (Å²) in [6, 6.07) is 6.72. The summed E-state index contributed by atoms with van der Waals surface area (Å²) < 4.78 is 4.00. The Balaban J connectivity index is 2.21. The first-order valence-electron chi connectivity index (χ1n) is 8.76. The van der Waals surface area contributed by atoms with Gasteiger partial charge in [0.25, 0.3) is 5.56 Å². The third kappa shape index (κ3) is 3.68. The molecule has 0 aliphatic carbocycles. The van der Waals surface area contributed by atoms with Gasteiger partial charge in [0.1, 0.15) is 0 Å². The lowest BCUT2D eigenvalue weighted by Gasteiger charge is -2.17. The number of aliphatic hydroxyl groups excluding tert-OH is 2. The van der Waals surface area contributed by atoms with Gasteiger partial charge in [-0.1, -0.05) is 23.7 Å². The molecule has 150 valence electrons. The van der Waals surface area contributed by atoms with Crippen LogP contribution in [0.4, 0.5) is 5.95 Å². The second-order valence-electron chi connectivity index (χ2n) is 6.56. The van der Waals surface area contributed by atoms with Crippen LogP contribution in [0.2, 0.25) is 5.02 Å². The van der Waals surface area contributed by atoms with Crippen molar-refractivity contribution in [3.8, 4) is 0 Å². The molecule has 0 saturated carbocycles. The summed E-state index contributed by atoms with van der Waals surface area (Å²) in [5.41, 5.74) is 0.447. The van der Waals surface area contributed by atoms with Crippen LogP contribution in [0.5, 0.6) is 0 Å². The first-order chi connectivity index (χ1) is 13.4. The maximum absolute atomic E-state index is 12.8. The monoisotopic (exact) mass is 407 g/mol. The number of hydrogen-bond donors (Lipinski definition) is 3. The van der Waals surface area contributed by atoms with Crippen LogP contribution < -0.4 is 16.6 Å². The molecule has 10 heteroatoms. The van der Waals surface area contributed by atoms with Gasteiger partial charge in [0.2, 0.25) is 5.95 Å². The molecule has 1 unspecified atom stereocenters. The number of halogens is 1. The first kappa shape index (κ1) is 20.1. The van der Waals surface area contributed by atoms with Gasteiger partial charge in [-0.25, -0.2) is 4.79 Å². The van der Waals surface area contributed by atoms with E-state index in [2.05, 4.69) is 10.3 Å². The molecule has 0 radical (unpaired) electrons. The summed E-state index contributed by atoms with van der Waals surface area (Å²) in [4.78, 5) is 29.5. The van der Waals surface area contributed by atoms with E-state index < -0.39 is 17.3 Å². The van der Waals surface area contributed by atoms with Crippen molar-refractivity contribution >= 4 is 28.7 Å². The van der Waals surface area contributed by atoms with E-state index in [9.17, 15) is 19.8 Å². The highest BCUT2D eigenvalue weighted by molar-refractivity contribution is 6.30. The topological polar surface area (TPSA) is 114 Å². The lowest BCUT2D eigenvalue weighted by Crippen LogP contribution is -2.37.